The van der Waals surface area contributed by atoms with Crippen LogP contribution in [0.15, 0.2) is 24.3 Å². The first kappa shape index (κ1) is 20.0. The van der Waals surface area contributed by atoms with E-state index in [0.717, 1.165) is 36.7 Å². The molecule has 0 heterocycles. The van der Waals surface area contributed by atoms with Crippen molar-refractivity contribution in [1.29, 1.82) is 0 Å². The van der Waals surface area contributed by atoms with Crippen LogP contribution in [0.3, 0.4) is 0 Å². The first-order chi connectivity index (χ1) is 11.8. The van der Waals surface area contributed by atoms with Gasteiger partial charge in [-0.05, 0) is 61.5 Å². The minimum absolute atomic E-state index is 0.0435. The van der Waals surface area contributed by atoms with Crippen molar-refractivity contribution >= 4 is 5.97 Å². The molecule has 0 spiro atoms. The molecule has 2 rings (SSSR count). The third-order valence-electron chi connectivity index (χ3n) is 6.22. The van der Waals surface area contributed by atoms with Crippen LogP contribution in [0.2, 0.25) is 0 Å². The lowest BCUT2D eigenvalue weighted by Crippen LogP contribution is -2.34. The Morgan fingerprint density at radius 2 is 2.00 bits per heavy atom. The molecule has 0 radical (unpaired) electrons. The highest BCUT2D eigenvalue weighted by Crippen LogP contribution is 2.46. The zero-order valence-corrected chi connectivity index (χ0v) is 16.8. The van der Waals surface area contributed by atoms with Gasteiger partial charge in [0.2, 0.25) is 0 Å². The minimum atomic E-state index is -0.160. The van der Waals surface area contributed by atoms with Crippen molar-refractivity contribution in [2.75, 3.05) is 0 Å². The van der Waals surface area contributed by atoms with Crippen molar-refractivity contribution in [2.24, 2.45) is 17.3 Å². The second kappa shape index (κ2) is 8.87. The fraction of sp³-hybridized carbons (Fsp3) is 0.696. The van der Waals surface area contributed by atoms with Crippen molar-refractivity contribution in [3.8, 4) is 0 Å². The molecule has 0 saturated heterocycles. The number of hydrogen-bond donors (Lipinski definition) is 0. The maximum absolute atomic E-state index is 12.6. The summed E-state index contributed by atoms with van der Waals surface area (Å²) in [4.78, 5) is 12.6. The molecule has 1 fully saturated rings. The summed E-state index contributed by atoms with van der Waals surface area (Å²) >= 11 is 0. The maximum atomic E-state index is 12.6. The van der Waals surface area contributed by atoms with E-state index in [0.29, 0.717) is 11.0 Å². The van der Waals surface area contributed by atoms with Crippen LogP contribution in [0, 0.1) is 24.2 Å². The molecular formula is C23H36O2. The summed E-state index contributed by atoms with van der Waals surface area (Å²) in [6.45, 7) is 11.4. The van der Waals surface area contributed by atoms with Crippen LogP contribution in [0.25, 0.3) is 0 Å². The molecule has 2 heteroatoms. The summed E-state index contributed by atoms with van der Waals surface area (Å²) in [5, 5.41) is 0. The van der Waals surface area contributed by atoms with Crippen molar-refractivity contribution < 1.29 is 9.53 Å². The van der Waals surface area contributed by atoms with Crippen LogP contribution in [0.4, 0.5) is 0 Å². The average Bonchev–Trinajstić information content (AvgIpc) is 2.54. The Kier molecular flexibility index (Phi) is 7.10. The predicted octanol–water partition coefficient (Wildman–Crippen LogP) is 6.56. The van der Waals surface area contributed by atoms with Crippen LogP contribution in [-0.4, -0.2) is 12.1 Å². The van der Waals surface area contributed by atoms with Crippen LogP contribution in [0.1, 0.15) is 88.6 Å². The van der Waals surface area contributed by atoms with Crippen molar-refractivity contribution in [2.45, 2.75) is 85.7 Å². The Balaban J connectivity index is 1.98. The number of rotatable bonds is 7. The molecule has 0 aliphatic heterocycles. The fourth-order valence-electron chi connectivity index (χ4n) is 4.68. The molecule has 0 aromatic heterocycles. The van der Waals surface area contributed by atoms with Gasteiger partial charge in [0.25, 0.3) is 0 Å². The first-order valence-corrected chi connectivity index (χ1v) is 10.1. The maximum Gasteiger partial charge on any atom is 0.338 e. The van der Waals surface area contributed by atoms with E-state index in [-0.39, 0.29) is 12.1 Å². The second-order valence-electron chi connectivity index (χ2n) is 8.67. The van der Waals surface area contributed by atoms with Gasteiger partial charge in [-0.1, -0.05) is 65.2 Å². The molecule has 140 valence electrons. The number of ether oxygens (including phenoxy) is 1. The smallest absolute Gasteiger partial charge is 0.338 e. The number of benzene rings is 1. The topological polar surface area (TPSA) is 26.3 Å². The van der Waals surface area contributed by atoms with Gasteiger partial charge in [-0.2, -0.15) is 0 Å². The van der Waals surface area contributed by atoms with Gasteiger partial charge in [0.15, 0.2) is 0 Å². The highest BCUT2D eigenvalue weighted by molar-refractivity contribution is 5.91. The number of hydrogen-bond acceptors (Lipinski definition) is 2. The molecule has 1 unspecified atom stereocenters. The van der Waals surface area contributed by atoms with Crippen molar-refractivity contribution in [1.82, 2.24) is 0 Å². The van der Waals surface area contributed by atoms with Crippen LogP contribution in [0.5, 0.6) is 0 Å². The Bertz CT molecular complexity index is 561. The number of carbonyl (C=O) groups excluding carboxylic acids is 1. The van der Waals surface area contributed by atoms with Gasteiger partial charge in [0.05, 0.1) is 5.56 Å². The van der Waals surface area contributed by atoms with E-state index in [9.17, 15) is 4.79 Å². The van der Waals surface area contributed by atoms with Crippen LogP contribution >= 0.6 is 0 Å². The molecule has 0 N–H and O–H groups in total. The summed E-state index contributed by atoms with van der Waals surface area (Å²) in [5.74, 6) is 1.35. The average molecular weight is 345 g/mol. The third-order valence-corrected chi connectivity index (χ3v) is 6.22. The monoisotopic (exact) mass is 344 g/mol. The van der Waals surface area contributed by atoms with Gasteiger partial charge in [-0.15, -0.1) is 0 Å². The van der Waals surface area contributed by atoms with E-state index in [1.54, 1.807) is 0 Å². The molecule has 1 aliphatic carbocycles. The summed E-state index contributed by atoms with van der Waals surface area (Å²) in [5.41, 5.74) is 2.11. The molecule has 0 bridgehead atoms. The molecule has 1 saturated carbocycles. The van der Waals surface area contributed by atoms with E-state index in [2.05, 4.69) is 27.7 Å². The third kappa shape index (κ3) is 5.33. The molecule has 3 atom stereocenters. The van der Waals surface area contributed by atoms with Crippen molar-refractivity contribution in [3.63, 3.8) is 0 Å². The Labute approximate surface area is 154 Å². The predicted molar refractivity (Wildman–Crippen MR) is 105 cm³/mol. The highest BCUT2D eigenvalue weighted by Gasteiger charge is 2.36. The van der Waals surface area contributed by atoms with E-state index in [4.69, 9.17) is 4.74 Å². The summed E-state index contributed by atoms with van der Waals surface area (Å²) < 4.78 is 5.91. The molecule has 1 aromatic rings. The van der Waals surface area contributed by atoms with E-state index < -0.39 is 0 Å². The largest absolute Gasteiger partial charge is 0.459 e. The van der Waals surface area contributed by atoms with Crippen molar-refractivity contribution in [3.05, 3.63) is 35.4 Å². The quantitative estimate of drug-likeness (QED) is 0.523. The zero-order valence-electron chi connectivity index (χ0n) is 16.8. The Hall–Kier alpha value is -1.31. The fourth-order valence-corrected chi connectivity index (χ4v) is 4.68. The summed E-state index contributed by atoms with van der Waals surface area (Å²) in [7, 11) is 0. The van der Waals surface area contributed by atoms with Gasteiger partial charge >= 0.3 is 5.97 Å². The normalized spacial score (nSPS) is 23.9. The highest BCUT2D eigenvalue weighted by atomic mass is 16.5. The van der Waals surface area contributed by atoms with Gasteiger partial charge in [0, 0.05) is 0 Å². The Morgan fingerprint density at radius 1 is 1.28 bits per heavy atom. The lowest BCUT2D eigenvalue weighted by molar-refractivity contribution is 0.0159. The second-order valence-corrected chi connectivity index (χ2v) is 8.67. The van der Waals surface area contributed by atoms with E-state index in [1.807, 2.05) is 31.2 Å². The van der Waals surface area contributed by atoms with Gasteiger partial charge < -0.3 is 4.74 Å². The summed E-state index contributed by atoms with van der Waals surface area (Å²) in [6.07, 6.45) is 8.23. The zero-order chi connectivity index (χ0) is 18.4. The number of aryl methyl sites for hydroxylation is 1. The van der Waals surface area contributed by atoms with Crippen LogP contribution < -0.4 is 0 Å². The molecule has 2 nitrogen and oxygen atoms in total. The summed E-state index contributed by atoms with van der Waals surface area (Å²) in [6, 6.07) is 7.71. The molecule has 1 aromatic carbocycles. The molecule has 25 heavy (non-hydrogen) atoms. The van der Waals surface area contributed by atoms with Gasteiger partial charge in [0.1, 0.15) is 6.10 Å². The number of esters is 1. The van der Waals surface area contributed by atoms with Gasteiger partial charge in [-0.3, -0.25) is 0 Å². The lowest BCUT2D eigenvalue weighted by atomic mass is 9.62. The van der Waals surface area contributed by atoms with Crippen LogP contribution in [-0.2, 0) is 4.74 Å². The van der Waals surface area contributed by atoms with E-state index >= 15 is 0 Å². The minimum Gasteiger partial charge on any atom is -0.459 e. The Morgan fingerprint density at radius 3 is 2.64 bits per heavy atom. The first-order valence-electron chi connectivity index (χ1n) is 10.1. The number of carbonyl (C=O) groups is 1. The van der Waals surface area contributed by atoms with Gasteiger partial charge in [-0.25, -0.2) is 4.79 Å². The SMILES string of the molecule is CCCC(CC[C@@H]1[C@@H](C)CCCC1(C)C)OC(=O)c1ccccc1C. The van der Waals surface area contributed by atoms with E-state index in [1.165, 1.54) is 25.7 Å². The molecular weight excluding hydrogens is 308 g/mol. The molecule has 0 amide bonds. The standard InChI is InChI=1S/C23H36O2/c1-6-10-19(25-22(24)20-13-8-7-11-17(20)2)14-15-21-18(3)12-9-16-23(21,4)5/h7-8,11,13,18-19,21H,6,9-10,12,14-16H2,1-5H3/t18-,19?,21+/m0/s1. The molecule has 1 aliphatic rings. The lowest BCUT2D eigenvalue weighted by Gasteiger charge is -2.43.